The largest absolute Gasteiger partial charge is 0.493 e. The van der Waals surface area contributed by atoms with E-state index >= 15 is 0 Å². The molecule has 0 saturated heterocycles. The summed E-state index contributed by atoms with van der Waals surface area (Å²) < 4.78 is 11.5. The van der Waals surface area contributed by atoms with Gasteiger partial charge in [0.15, 0.2) is 11.5 Å². The third kappa shape index (κ3) is 3.48. The summed E-state index contributed by atoms with van der Waals surface area (Å²) >= 11 is 3.53. The van der Waals surface area contributed by atoms with Crippen LogP contribution in [0, 0.1) is 0 Å². The van der Waals surface area contributed by atoms with Crippen LogP contribution in [0.4, 0.5) is 0 Å². The topological polar surface area (TPSA) is 59.2 Å². The van der Waals surface area contributed by atoms with E-state index in [1.807, 2.05) is 18.3 Å². The van der Waals surface area contributed by atoms with Gasteiger partial charge in [-0.2, -0.15) is 0 Å². The van der Waals surface area contributed by atoms with Crippen molar-refractivity contribution in [1.82, 2.24) is 15.3 Å². The number of aromatic amines is 1. The number of aromatic nitrogens is 2. The van der Waals surface area contributed by atoms with Gasteiger partial charge < -0.3 is 19.8 Å². The highest BCUT2D eigenvalue weighted by Crippen LogP contribution is 2.33. The molecule has 0 aliphatic carbocycles. The molecule has 1 heterocycles. The van der Waals surface area contributed by atoms with Gasteiger partial charge in [-0.15, -0.1) is 0 Å². The lowest BCUT2D eigenvalue weighted by molar-refractivity contribution is 0.354. The molecule has 6 heteroatoms. The van der Waals surface area contributed by atoms with E-state index in [-0.39, 0.29) is 0 Å². The molecule has 0 atom stereocenters. The third-order valence-electron chi connectivity index (χ3n) is 2.72. The normalized spacial score (nSPS) is 10.5. The van der Waals surface area contributed by atoms with Crippen LogP contribution in [0.1, 0.15) is 11.4 Å². The van der Waals surface area contributed by atoms with Gasteiger partial charge in [-0.05, 0) is 17.7 Å². The van der Waals surface area contributed by atoms with Crippen LogP contribution in [0.2, 0.25) is 0 Å². The summed E-state index contributed by atoms with van der Waals surface area (Å²) in [5, 5.41) is 3.31. The molecule has 5 nitrogen and oxygen atoms in total. The van der Waals surface area contributed by atoms with E-state index < -0.39 is 0 Å². The Balaban J connectivity index is 2.03. The summed E-state index contributed by atoms with van der Waals surface area (Å²) in [5.74, 6) is 2.35. The molecule has 2 rings (SSSR count). The molecule has 0 saturated carbocycles. The van der Waals surface area contributed by atoms with Gasteiger partial charge in [-0.25, -0.2) is 4.98 Å². The van der Waals surface area contributed by atoms with E-state index in [4.69, 9.17) is 9.47 Å². The number of halogens is 1. The number of methoxy groups -OCH3 is 2. The van der Waals surface area contributed by atoms with Crippen LogP contribution >= 0.6 is 15.9 Å². The monoisotopic (exact) mass is 325 g/mol. The maximum absolute atomic E-state index is 5.29. The number of ether oxygens (including phenoxy) is 2. The van der Waals surface area contributed by atoms with E-state index in [9.17, 15) is 0 Å². The number of H-pyrrole nitrogens is 1. The van der Waals surface area contributed by atoms with E-state index in [0.717, 1.165) is 21.6 Å². The molecular weight excluding hydrogens is 310 g/mol. The van der Waals surface area contributed by atoms with E-state index in [2.05, 4.69) is 31.2 Å². The molecule has 1 aromatic carbocycles. The highest BCUT2D eigenvalue weighted by atomic mass is 79.9. The molecule has 0 unspecified atom stereocenters. The summed E-state index contributed by atoms with van der Waals surface area (Å²) in [6.45, 7) is 1.40. The molecule has 0 fully saturated rings. The van der Waals surface area contributed by atoms with Crippen LogP contribution in [0.3, 0.4) is 0 Å². The molecule has 0 amide bonds. The Morgan fingerprint density at radius 1 is 1.21 bits per heavy atom. The van der Waals surface area contributed by atoms with Gasteiger partial charge in [0.2, 0.25) is 0 Å². The molecule has 2 N–H and O–H groups in total. The van der Waals surface area contributed by atoms with Crippen LogP contribution < -0.4 is 14.8 Å². The Hall–Kier alpha value is -1.53. The van der Waals surface area contributed by atoms with Gasteiger partial charge in [-0.1, -0.05) is 15.9 Å². The zero-order chi connectivity index (χ0) is 13.7. The predicted molar refractivity (Wildman–Crippen MR) is 76.4 cm³/mol. The number of benzene rings is 1. The summed E-state index contributed by atoms with van der Waals surface area (Å²) in [6.07, 6.45) is 3.55. The lowest BCUT2D eigenvalue weighted by Gasteiger charge is -2.12. The van der Waals surface area contributed by atoms with Crippen LogP contribution in [0.25, 0.3) is 0 Å². The van der Waals surface area contributed by atoms with E-state index in [1.54, 1.807) is 20.4 Å². The number of rotatable bonds is 6. The molecule has 19 heavy (non-hydrogen) atoms. The number of hydrogen-bond donors (Lipinski definition) is 2. The first kappa shape index (κ1) is 13.9. The second kappa shape index (κ2) is 6.58. The van der Waals surface area contributed by atoms with E-state index in [0.29, 0.717) is 18.8 Å². The average molecular weight is 326 g/mol. The molecule has 0 bridgehead atoms. The summed E-state index contributed by atoms with van der Waals surface area (Å²) in [5.41, 5.74) is 1.10. The number of hydrogen-bond acceptors (Lipinski definition) is 4. The summed E-state index contributed by atoms with van der Waals surface area (Å²) in [7, 11) is 3.25. The highest BCUT2D eigenvalue weighted by molar-refractivity contribution is 9.10. The standard InChI is InChI=1S/C13H16BrN3O2/c1-18-11-5-9(10(14)6-12(11)19-2)7-15-8-13-16-3-4-17-13/h3-6,15H,7-8H2,1-2H3,(H,16,17). The SMILES string of the molecule is COc1cc(Br)c(CNCc2ncc[nH]2)cc1OC. The van der Waals surface area contributed by atoms with Crippen molar-refractivity contribution in [1.29, 1.82) is 0 Å². The third-order valence-corrected chi connectivity index (χ3v) is 3.45. The number of imidazole rings is 1. The van der Waals surface area contributed by atoms with Crippen molar-refractivity contribution in [2.45, 2.75) is 13.1 Å². The quantitative estimate of drug-likeness (QED) is 0.856. The number of nitrogens with one attached hydrogen (secondary N) is 2. The molecule has 102 valence electrons. The van der Waals surface area contributed by atoms with Crippen molar-refractivity contribution in [3.63, 3.8) is 0 Å². The van der Waals surface area contributed by atoms with Crippen molar-refractivity contribution in [3.8, 4) is 11.5 Å². The maximum Gasteiger partial charge on any atom is 0.161 e. The predicted octanol–water partition coefficient (Wildman–Crippen LogP) is 2.48. The molecule has 0 radical (unpaired) electrons. The highest BCUT2D eigenvalue weighted by Gasteiger charge is 2.09. The van der Waals surface area contributed by atoms with Gasteiger partial charge in [0, 0.05) is 23.4 Å². The van der Waals surface area contributed by atoms with Crippen molar-refractivity contribution in [2.24, 2.45) is 0 Å². The van der Waals surface area contributed by atoms with Crippen LogP contribution in [0.15, 0.2) is 29.0 Å². The Bertz CT molecular complexity index is 529. The van der Waals surface area contributed by atoms with Crippen molar-refractivity contribution in [2.75, 3.05) is 14.2 Å². The Morgan fingerprint density at radius 3 is 2.58 bits per heavy atom. The lowest BCUT2D eigenvalue weighted by atomic mass is 10.2. The van der Waals surface area contributed by atoms with Crippen molar-refractivity contribution in [3.05, 3.63) is 40.4 Å². The minimum atomic E-state index is 0.688. The first-order valence-electron chi connectivity index (χ1n) is 5.84. The van der Waals surface area contributed by atoms with Gasteiger partial charge in [0.1, 0.15) is 5.82 Å². The second-order valence-corrected chi connectivity index (χ2v) is 4.79. The lowest BCUT2D eigenvalue weighted by Crippen LogP contribution is -2.14. The molecule has 1 aromatic heterocycles. The first-order valence-corrected chi connectivity index (χ1v) is 6.63. The summed E-state index contributed by atoms with van der Waals surface area (Å²) in [4.78, 5) is 7.21. The maximum atomic E-state index is 5.29. The van der Waals surface area contributed by atoms with Crippen LogP contribution in [-0.4, -0.2) is 24.2 Å². The number of nitrogens with zero attached hydrogens (tertiary/aromatic N) is 1. The minimum Gasteiger partial charge on any atom is -0.493 e. The Morgan fingerprint density at radius 2 is 1.95 bits per heavy atom. The Kier molecular flexibility index (Phi) is 4.81. The zero-order valence-corrected chi connectivity index (χ0v) is 12.5. The van der Waals surface area contributed by atoms with E-state index in [1.165, 1.54) is 0 Å². The molecular formula is C13H16BrN3O2. The van der Waals surface area contributed by atoms with Gasteiger partial charge >= 0.3 is 0 Å². The van der Waals surface area contributed by atoms with Crippen molar-refractivity contribution < 1.29 is 9.47 Å². The molecule has 0 aliphatic rings. The zero-order valence-electron chi connectivity index (χ0n) is 10.9. The van der Waals surface area contributed by atoms with Crippen molar-refractivity contribution >= 4 is 15.9 Å². The molecule has 0 spiro atoms. The average Bonchev–Trinajstić information content (AvgIpc) is 2.93. The van der Waals surface area contributed by atoms with Gasteiger partial charge in [0.25, 0.3) is 0 Å². The molecule has 2 aromatic rings. The molecule has 0 aliphatic heterocycles. The summed E-state index contributed by atoms with van der Waals surface area (Å²) in [6, 6.07) is 3.86. The fourth-order valence-corrected chi connectivity index (χ4v) is 2.20. The minimum absolute atomic E-state index is 0.688. The van der Waals surface area contributed by atoms with Crippen LogP contribution in [-0.2, 0) is 13.1 Å². The Labute approximate surface area is 120 Å². The van der Waals surface area contributed by atoms with Gasteiger partial charge in [-0.3, -0.25) is 0 Å². The fraction of sp³-hybridized carbons (Fsp3) is 0.308. The first-order chi connectivity index (χ1) is 9.24. The van der Waals surface area contributed by atoms with Crippen LogP contribution in [0.5, 0.6) is 11.5 Å². The second-order valence-electron chi connectivity index (χ2n) is 3.94. The fourth-order valence-electron chi connectivity index (χ4n) is 1.74. The van der Waals surface area contributed by atoms with Gasteiger partial charge in [0.05, 0.1) is 20.8 Å². The smallest absolute Gasteiger partial charge is 0.161 e.